The van der Waals surface area contributed by atoms with Crippen LogP contribution in [0.3, 0.4) is 0 Å². The maximum atomic E-state index is 3.65. The molecule has 1 atom stereocenters. The third-order valence-corrected chi connectivity index (χ3v) is 11.1. The van der Waals surface area contributed by atoms with E-state index in [2.05, 4.69) is 193 Å². The standard InChI is InChI=1S/C25H25.2C10H13.C8H11.CH2.2ClH.Zr/c1-14-12-24(3,4)22-8-16-7-17-9-23-19(15(2)13-25(23,5)6)11-21(17)20(16)10-18(14)22;2*1-10(2,3)9-7-5-4-6-8-9;1-6-4-7(2)8(3)5-6;;;;/h8-12H,7H2,1-6H3;2*5-8H,1-3H3;4,6H,1-3H3;1H2;2*1H;/q4*-1;;;;. The van der Waals surface area contributed by atoms with E-state index in [0.29, 0.717) is 5.92 Å². The Hall–Kier alpha value is -2.83. The average molecular weight is 877 g/mol. The van der Waals surface area contributed by atoms with E-state index in [-0.39, 0.29) is 46.5 Å². The number of hydrogen-bond donors (Lipinski definition) is 0. The fourth-order valence-electron chi connectivity index (χ4n) is 8.05. The van der Waals surface area contributed by atoms with Gasteiger partial charge in [-0.1, -0.05) is 120 Å². The van der Waals surface area contributed by atoms with Gasteiger partial charge in [-0.3, -0.25) is 12.2 Å². The minimum absolute atomic E-state index is 0. The normalized spacial score (nSPS) is 17.0. The number of hydrogen-bond acceptors (Lipinski definition) is 0. The molecule has 4 aliphatic rings. The van der Waals surface area contributed by atoms with E-state index in [1.54, 1.807) is 0 Å². The Labute approximate surface area is 375 Å². The molecule has 0 radical (unpaired) electrons. The molecule has 4 aromatic rings. The van der Waals surface area contributed by atoms with Crippen LogP contribution in [-0.4, -0.2) is 4.21 Å². The molecule has 304 valence electrons. The minimum atomic E-state index is 0. The van der Waals surface area contributed by atoms with E-state index >= 15 is 0 Å². The van der Waals surface area contributed by atoms with Crippen LogP contribution in [0.2, 0.25) is 0 Å². The van der Waals surface area contributed by atoms with Gasteiger partial charge in [0.1, 0.15) is 0 Å². The predicted molar refractivity (Wildman–Crippen MR) is 252 cm³/mol. The molecule has 0 saturated heterocycles. The van der Waals surface area contributed by atoms with Crippen LogP contribution in [0.4, 0.5) is 0 Å². The van der Waals surface area contributed by atoms with Crippen LogP contribution in [0.1, 0.15) is 148 Å². The van der Waals surface area contributed by atoms with Crippen molar-refractivity contribution in [3.8, 4) is 11.1 Å². The van der Waals surface area contributed by atoms with Crippen molar-refractivity contribution < 1.29 is 24.2 Å². The molecule has 0 aromatic heterocycles. The van der Waals surface area contributed by atoms with Crippen LogP contribution in [0.5, 0.6) is 0 Å². The molecule has 0 aliphatic heterocycles. The third-order valence-electron chi connectivity index (χ3n) is 11.1. The summed E-state index contributed by atoms with van der Waals surface area (Å²) in [4.78, 5) is 0. The van der Waals surface area contributed by atoms with Gasteiger partial charge >= 0.3 is 28.4 Å². The maximum absolute atomic E-state index is 3.65. The third kappa shape index (κ3) is 12.1. The summed E-state index contributed by atoms with van der Waals surface area (Å²) >= 11 is 1.30. The zero-order valence-electron chi connectivity index (χ0n) is 37.4. The molecule has 57 heavy (non-hydrogen) atoms. The molecular formula is C54H66Cl2Zr-4. The second-order valence-corrected chi connectivity index (χ2v) is 18.7. The van der Waals surface area contributed by atoms with Crippen molar-refractivity contribution in [2.24, 2.45) is 5.92 Å². The van der Waals surface area contributed by atoms with Crippen LogP contribution in [0, 0.1) is 30.2 Å². The predicted octanol–water partition coefficient (Wildman–Crippen LogP) is 15.2. The van der Waals surface area contributed by atoms with Crippen molar-refractivity contribution in [3.05, 3.63) is 165 Å². The van der Waals surface area contributed by atoms with E-state index in [1.807, 2.05) is 24.3 Å². The summed E-state index contributed by atoms with van der Waals surface area (Å²) in [5.41, 5.74) is 20.5. The summed E-state index contributed by atoms with van der Waals surface area (Å²) in [6.07, 6.45) is 12.7. The monoisotopic (exact) mass is 874 g/mol. The molecule has 0 fully saturated rings. The van der Waals surface area contributed by atoms with Crippen LogP contribution in [0.25, 0.3) is 22.3 Å². The number of benzene rings is 4. The van der Waals surface area contributed by atoms with Gasteiger partial charge in [0.05, 0.1) is 0 Å². The Kier molecular flexibility index (Phi) is 17.6. The van der Waals surface area contributed by atoms with E-state index in [0.717, 1.165) is 6.42 Å². The molecular weight excluding hydrogens is 811 g/mol. The molecule has 1 unspecified atom stereocenters. The summed E-state index contributed by atoms with van der Waals surface area (Å²) in [7, 11) is 0. The van der Waals surface area contributed by atoms with Crippen molar-refractivity contribution in [3.63, 3.8) is 0 Å². The van der Waals surface area contributed by atoms with Gasteiger partial charge in [0.25, 0.3) is 0 Å². The summed E-state index contributed by atoms with van der Waals surface area (Å²) in [6, 6.07) is 32.1. The second-order valence-electron chi connectivity index (χ2n) is 18.7. The van der Waals surface area contributed by atoms with E-state index in [9.17, 15) is 0 Å². The van der Waals surface area contributed by atoms with Crippen molar-refractivity contribution in [1.29, 1.82) is 0 Å². The Balaban J connectivity index is 0.000000293. The molecule has 0 bridgehead atoms. The Morgan fingerprint density at radius 3 is 1.42 bits per heavy atom. The summed E-state index contributed by atoms with van der Waals surface area (Å²) in [5, 5.41) is 0. The Bertz CT molecular complexity index is 1960. The van der Waals surface area contributed by atoms with E-state index < -0.39 is 0 Å². The van der Waals surface area contributed by atoms with E-state index in [1.165, 1.54) is 102 Å². The van der Waals surface area contributed by atoms with Gasteiger partial charge in [0.15, 0.2) is 0 Å². The molecule has 0 saturated carbocycles. The molecule has 4 aliphatic carbocycles. The molecule has 0 heterocycles. The number of halogens is 2. The average Bonchev–Trinajstić information content (AvgIpc) is 3.77. The van der Waals surface area contributed by atoms with Gasteiger partial charge < -0.3 is 0 Å². The van der Waals surface area contributed by atoms with Crippen molar-refractivity contribution >= 4 is 40.2 Å². The van der Waals surface area contributed by atoms with E-state index in [4.69, 9.17) is 0 Å². The first-order chi connectivity index (χ1) is 25.6. The zero-order chi connectivity index (χ0) is 41.1. The molecule has 3 heteroatoms. The first-order valence-corrected chi connectivity index (χ1v) is 21.6. The number of fused-ring (bicyclic) bond motifs is 5. The van der Waals surface area contributed by atoms with Gasteiger partial charge in [0, 0.05) is 5.41 Å². The summed E-state index contributed by atoms with van der Waals surface area (Å²) < 4.78 is 3.34. The Morgan fingerprint density at radius 1 is 0.614 bits per heavy atom. The molecule has 8 rings (SSSR count). The second kappa shape index (κ2) is 20.0. The SMILES string of the molecule is CC(C)(C)c1cc[c-]cc1.CC(C)(C)c1cc[c-]cc1.CC1=[C-]C(C)(C)c2cc3c(cc21)-c1cc2c(cc1C3)C(C)(C)C=C2C.CC1=[C-]C(C)C=C1C.Cl.Cl.[CH2]=[Zr]. The fraction of sp³-hybridized carbons (Fsp3) is 0.389. The molecule has 0 amide bonds. The molecule has 0 N–H and O–H groups in total. The topological polar surface area (TPSA) is 0 Å². The van der Waals surface area contributed by atoms with Crippen LogP contribution < -0.4 is 0 Å². The summed E-state index contributed by atoms with van der Waals surface area (Å²) in [5.74, 6) is 0.551. The molecule has 4 aromatic carbocycles. The van der Waals surface area contributed by atoms with Gasteiger partial charge in [-0.25, -0.2) is 16.7 Å². The van der Waals surface area contributed by atoms with Crippen LogP contribution >= 0.6 is 24.8 Å². The van der Waals surface area contributed by atoms with Crippen LogP contribution in [-0.2, 0) is 52.3 Å². The van der Waals surface area contributed by atoms with Crippen molar-refractivity contribution in [1.82, 2.24) is 0 Å². The zero-order valence-corrected chi connectivity index (χ0v) is 41.5. The number of rotatable bonds is 0. The van der Waals surface area contributed by atoms with Gasteiger partial charge in [-0.15, -0.1) is 43.4 Å². The van der Waals surface area contributed by atoms with Crippen molar-refractivity contribution in [2.75, 3.05) is 0 Å². The molecule has 0 spiro atoms. The van der Waals surface area contributed by atoms with Gasteiger partial charge in [0.2, 0.25) is 0 Å². The quantitative estimate of drug-likeness (QED) is 0.136. The first-order valence-electron chi connectivity index (χ1n) is 19.8. The summed E-state index contributed by atoms with van der Waals surface area (Å²) in [6.45, 7) is 33.3. The van der Waals surface area contributed by atoms with Gasteiger partial charge in [-0.2, -0.15) is 83.4 Å². The first kappa shape index (κ1) is 50.3. The molecule has 0 nitrogen and oxygen atoms in total. The van der Waals surface area contributed by atoms with Crippen molar-refractivity contribution in [2.45, 2.75) is 132 Å². The fourth-order valence-corrected chi connectivity index (χ4v) is 8.05. The number of allylic oxidation sites excluding steroid dienone is 8. The Morgan fingerprint density at radius 2 is 1.05 bits per heavy atom. The van der Waals surface area contributed by atoms with Crippen LogP contribution in [0.15, 0.2) is 96.1 Å². The van der Waals surface area contributed by atoms with Gasteiger partial charge in [-0.05, 0) is 69.2 Å².